The third-order valence-corrected chi connectivity index (χ3v) is 1.42. The molecule has 0 heterocycles. The van der Waals surface area contributed by atoms with E-state index >= 15 is 0 Å². The van der Waals surface area contributed by atoms with Gasteiger partial charge in [0.05, 0.1) is 0 Å². The Balaban J connectivity index is 3.05. The maximum Gasteiger partial charge on any atom is 0.248 e. The second-order valence-electron chi connectivity index (χ2n) is 2.33. The third kappa shape index (κ3) is 2.46. The molecule has 0 saturated heterocycles. The molecule has 0 atom stereocenters. The highest BCUT2D eigenvalue weighted by Gasteiger charge is 1.98. The van der Waals surface area contributed by atoms with E-state index in [2.05, 4.69) is 11.8 Å². The van der Waals surface area contributed by atoms with Gasteiger partial charge in [0.2, 0.25) is 5.91 Å². The standard InChI is InChI=1S/C10H7NO2/c11-10(13)9-5-1-3-8(7-9)4-2-6-12/h1,3,5-7H,(H2,11,13). The van der Waals surface area contributed by atoms with Crippen molar-refractivity contribution in [1.29, 1.82) is 0 Å². The van der Waals surface area contributed by atoms with Crippen LogP contribution in [-0.4, -0.2) is 12.2 Å². The molecule has 0 radical (unpaired) electrons. The average molecular weight is 173 g/mol. The van der Waals surface area contributed by atoms with Crippen molar-refractivity contribution in [3.05, 3.63) is 35.4 Å². The van der Waals surface area contributed by atoms with Crippen LogP contribution >= 0.6 is 0 Å². The molecule has 0 aromatic heterocycles. The summed E-state index contributed by atoms with van der Waals surface area (Å²) in [6.07, 6.45) is 0.497. The van der Waals surface area contributed by atoms with E-state index in [0.717, 1.165) is 0 Å². The molecule has 1 aromatic carbocycles. The van der Waals surface area contributed by atoms with Crippen LogP contribution in [0, 0.1) is 11.8 Å². The van der Waals surface area contributed by atoms with Crippen molar-refractivity contribution < 1.29 is 9.59 Å². The van der Waals surface area contributed by atoms with E-state index in [1.165, 1.54) is 0 Å². The molecule has 0 spiro atoms. The van der Waals surface area contributed by atoms with E-state index in [1.807, 2.05) is 0 Å². The van der Waals surface area contributed by atoms with Crippen LogP contribution in [0.25, 0.3) is 0 Å². The predicted molar refractivity (Wildman–Crippen MR) is 47.9 cm³/mol. The molecule has 3 heteroatoms. The van der Waals surface area contributed by atoms with E-state index in [1.54, 1.807) is 24.3 Å². The van der Waals surface area contributed by atoms with E-state index in [-0.39, 0.29) is 0 Å². The summed E-state index contributed by atoms with van der Waals surface area (Å²) >= 11 is 0. The highest BCUT2D eigenvalue weighted by molar-refractivity contribution is 5.93. The van der Waals surface area contributed by atoms with Gasteiger partial charge in [-0.1, -0.05) is 12.0 Å². The Morgan fingerprint density at radius 3 is 2.85 bits per heavy atom. The number of nitrogens with two attached hydrogens (primary N) is 1. The topological polar surface area (TPSA) is 60.2 Å². The lowest BCUT2D eigenvalue weighted by Gasteiger charge is -1.94. The van der Waals surface area contributed by atoms with Crippen molar-refractivity contribution in [2.75, 3.05) is 0 Å². The van der Waals surface area contributed by atoms with Gasteiger partial charge in [-0.15, -0.1) is 0 Å². The summed E-state index contributed by atoms with van der Waals surface area (Å²) < 4.78 is 0. The van der Waals surface area contributed by atoms with Crippen LogP contribution in [0.15, 0.2) is 24.3 Å². The normalized spacial score (nSPS) is 8.31. The van der Waals surface area contributed by atoms with Crippen molar-refractivity contribution in [1.82, 2.24) is 0 Å². The summed E-state index contributed by atoms with van der Waals surface area (Å²) in [6.45, 7) is 0. The number of rotatable bonds is 1. The molecule has 64 valence electrons. The molecule has 13 heavy (non-hydrogen) atoms. The number of benzene rings is 1. The summed E-state index contributed by atoms with van der Waals surface area (Å²) in [4.78, 5) is 20.7. The summed E-state index contributed by atoms with van der Waals surface area (Å²) in [7, 11) is 0. The highest BCUT2D eigenvalue weighted by atomic mass is 16.1. The number of primary amides is 1. The van der Waals surface area contributed by atoms with E-state index in [9.17, 15) is 9.59 Å². The van der Waals surface area contributed by atoms with Crippen molar-refractivity contribution in [2.24, 2.45) is 5.73 Å². The van der Waals surface area contributed by atoms with Gasteiger partial charge >= 0.3 is 0 Å². The van der Waals surface area contributed by atoms with Crippen LogP contribution in [0.5, 0.6) is 0 Å². The van der Waals surface area contributed by atoms with Crippen LogP contribution in [-0.2, 0) is 4.79 Å². The monoisotopic (exact) mass is 173 g/mol. The predicted octanol–water partition coefficient (Wildman–Crippen LogP) is 0.336. The van der Waals surface area contributed by atoms with Crippen molar-refractivity contribution in [2.45, 2.75) is 0 Å². The Kier molecular flexibility index (Phi) is 2.82. The van der Waals surface area contributed by atoms with Crippen LogP contribution < -0.4 is 5.73 Å². The molecule has 0 fully saturated rings. The number of amides is 1. The van der Waals surface area contributed by atoms with Crippen LogP contribution in [0.2, 0.25) is 0 Å². The molecule has 0 aliphatic heterocycles. The van der Waals surface area contributed by atoms with Gasteiger partial charge in [0.25, 0.3) is 0 Å². The molecule has 0 saturated carbocycles. The first-order valence-corrected chi connectivity index (χ1v) is 3.59. The molecule has 2 N–H and O–H groups in total. The molecular weight excluding hydrogens is 166 g/mol. The Morgan fingerprint density at radius 1 is 1.46 bits per heavy atom. The first-order valence-electron chi connectivity index (χ1n) is 3.59. The first-order chi connectivity index (χ1) is 6.24. The number of hydrogen-bond donors (Lipinski definition) is 1. The fourth-order valence-electron chi connectivity index (χ4n) is 0.863. The Hall–Kier alpha value is -2.08. The molecule has 1 amide bonds. The molecule has 0 bridgehead atoms. The molecule has 0 aliphatic carbocycles. The molecule has 0 unspecified atom stereocenters. The maximum atomic E-state index is 10.7. The first kappa shape index (κ1) is 9.01. The Bertz CT molecular complexity index is 399. The Labute approximate surface area is 75.6 Å². The van der Waals surface area contributed by atoms with E-state index < -0.39 is 5.91 Å². The molecule has 0 aliphatic rings. The quantitative estimate of drug-likeness (QED) is 0.491. The van der Waals surface area contributed by atoms with Gasteiger partial charge in [0.15, 0.2) is 6.29 Å². The number of carbonyl (C=O) groups is 2. The van der Waals surface area contributed by atoms with Crippen LogP contribution in [0.3, 0.4) is 0 Å². The number of carbonyl (C=O) groups excluding carboxylic acids is 2. The van der Waals surface area contributed by atoms with Crippen molar-refractivity contribution in [3.8, 4) is 11.8 Å². The molecule has 1 rings (SSSR count). The van der Waals surface area contributed by atoms with E-state index in [4.69, 9.17) is 5.73 Å². The summed E-state index contributed by atoms with van der Waals surface area (Å²) in [5.41, 5.74) is 6.04. The lowest BCUT2D eigenvalue weighted by atomic mass is 10.1. The zero-order chi connectivity index (χ0) is 9.68. The van der Waals surface area contributed by atoms with Gasteiger partial charge in [-0.2, -0.15) is 0 Å². The van der Waals surface area contributed by atoms with Crippen LogP contribution in [0.1, 0.15) is 15.9 Å². The highest BCUT2D eigenvalue weighted by Crippen LogP contribution is 2.02. The van der Waals surface area contributed by atoms with Gasteiger partial charge in [0.1, 0.15) is 0 Å². The van der Waals surface area contributed by atoms with Crippen molar-refractivity contribution >= 4 is 12.2 Å². The van der Waals surface area contributed by atoms with Gasteiger partial charge < -0.3 is 5.73 Å². The minimum atomic E-state index is -0.505. The van der Waals surface area contributed by atoms with Crippen molar-refractivity contribution in [3.63, 3.8) is 0 Å². The van der Waals surface area contributed by atoms with Gasteiger partial charge in [-0.25, -0.2) is 0 Å². The van der Waals surface area contributed by atoms with Crippen LogP contribution in [0.4, 0.5) is 0 Å². The van der Waals surface area contributed by atoms with Gasteiger partial charge in [-0.05, 0) is 24.1 Å². The second kappa shape index (κ2) is 4.07. The summed E-state index contributed by atoms with van der Waals surface area (Å²) in [5, 5.41) is 0. The minimum Gasteiger partial charge on any atom is -0.366 e. The zero-order valence-electron chi connectivity index (χ0n) is 6.78. The van der Waals surface area contributed by atoms with E-state index in [0.29, 0.717) is 17.4 Å². The number of aldehydes is 1. The third-order valence-electron chi connectivity index (χ3n) is 1.42. The average Bonchev–Trinajstić information content (AvgIpc) is 2.15. The van der Waals surface area contributed by atoms with Gasteiger partial charge in [0, 0.05) is 11.1 Å². The summed E-state index contributed by atoms with van der Waals surface area (Å²) in [5.74, 6) is 4.31. The SMILES string of the molecule is NC(=O)c1cccc(C#CC=O)c1. The lowest BCUT2D eigenvalue weighted by Crippen LogP contribution is -2.10. The molecule has 3 nitrogen and oxygen atoms in total. The Morgan fingerprint density at radius 2 is 2.23 bits per heavy atom. The summed E-state index contributed by atoms with van der Waals surface area (Å²) in [6, 6.07) is 6.49. The molecule has 1 aromatic rings. The lowest BCUT2D eigenvalue weighted by molar-refractivity contribution is -0.103. The second-order valence-corrected chi connectivity index (χ2v) is 2.33. The number of hydrogen-bond acceptors (Lipinski definition) is 2. The fourth-order valence-corrected chi connectivity index (χ4v) is 0.863. The smallest absolute Gasteiger partial charge is 0.248 e. The largest absolute Gasteiger partial charge is 0.366 e. The maximum absolute atomic E-state index is 10.7. The van der Waals surface area contributed by atoms with Gasteiger partial charge in [-0.3, -0.25) is 9.59 Å². The molecular formula is C10H7NO2. The zero-order valence-corrected chi connectivity index (χ0v) is 6.78. The fraction of sp³-hybridized carbons (Fsp3) is 0. The minimum absolute atomic E-state index is 0.387.